The first-order valence-corrected chi connectivity index (χ1v) is 8.85. The Morgan fingerprint density at radius 3 is 2.54 bits per heavy atom. The molecule has 3 aromatic rings. The molecule has 2 aromatic carbocycles. The van der Waals surface area contributed by atoms with Crippen LogP contribution in [-0.4, -0.2) is 43.1 Å². The summed E-state index contributed by atoms with van der Waals surface area (Å²) < 4.78 is 17.8. The molecule has 0 aliphatic carbocycles. The number of nitrogens with zero attached hydrogens (tertiary/aromatic N) is 2. The molecule has 0 atom stereocenters. The molecule has 0 aliphatic heterocycles. The molecule has 0 spiro atoms. The normalized spacial score (nSPS) is 10.4. The Bertz CT molecular complexity index is 938. The van der Waals surface area contributed by atoms with Crippen LogP contribution in [0.2, 0.25) is 0 Å². The Hall–Kier alpha value is -3.48. The zero-order valence-corrected chi connectivity index (χ0v) is 16.1. The average Bonchev–Trinajstić information content (AvgIpc) is 3.12. The van der Waals surface area contributed by atoms with Gasteiger partial charge < -0.3 is 19.5 Å². The molecule has 7 heteroatoms. The highest BCUT2D eigenvalue weighted by Gasteiger charge is 2.17. The number of aryl methyl sites for hydroxylation is 1. The summed E-state index contributed by atoms with van der Waals surface area (Å²) in [4.78, 5) is 12.5. The van der Waals surface area contributed by atoms with E-state index < -0.39 is 0 Å². The van der Waals surface area contributed by atoms with Gasteiger partial charge in [-0.1, -0.05) is 18.2 Å². The van der Waals surface area contributed by atoms with Crippen LogP contribution in [0.1, 0.15) is 10.5 Å². The van der Waals surface area contributed by atoms with Crippen LogP contribution in [0.5, 0.6) is 17.2 Å². The molecule has 0 fully saturated rings. The van der Waals surface area contributed by atoms with Gasteiger partial charge in [-0.2, -0.15) is 5.10 Å². The topological polar surface area (TPSA) is 74.6 Å². The molecule has 146 valence electrons. The summed E-state index contributed by atoms with van der Waals surface area (Å²) in [6.07, 6.45) is 0. The maximum absolute atomic E-state index is 12.5. The largest absolute Gasteiger partial charge is 0.497 e. The predicted molar refractivity (Wildman–Crippen MR) is 106 cm³/mol. The minimum absolute atomic E-state index is 0.217. The van der Waals surface area contributed by atoms with Crippen LogP contribution >= 0.6 is 0 Å². The Morgan fingerprint density at radius 1 is 1.04 bits per heavy atom. The van der Waals surface area contributed by atoms with E-state index in [-0.39, 0.29) is 5.91 Å². The van der Waals surface area contributed by atoms with Gasteiger partial charge in [0.2, 0.25) is 0 Å². The van der Waals surface area contributed by atoms with E-state index >= 15 is 0 Å². The Morgan fingerprint density at radius 2 is 1.82 bits per heavy atom. The van der Waals surface area contributed by atoms with Crippen molar-refractivity contribution in [2.24, 2.45) is 7.05 Å². The lowest BCUT2D eigenvalue weighted by molar-refractivity contribution is 0.0937. The van der Waals surface area contributed by atoms with Crippen molar-refractivity contribution in [3.8, 4) is 28.5 Å². The molecule has 0 saturated heterocycles. The zero-order valence-electron chi connectivity index (χ0n) is 16.1. The van der Waals surface area contributed by atoms with E-state index in [1.807, 2.05) is 42.5 Å². The fourth-order valence-electron chi connectivity index (χ4n) is 2.76. The van der Waals surface area contributed by atoms with Crippen LogP contribution in [0, 0.1) is 0 Å². The lowest BCUT2D eigenvalue weighted by Crippen LogP contribution is -2.29. The third-order valence-electron chi connectivity index (χ3n) is 4.20. The van der Waals surface area contributed by atoms with Crippen molar-refractivity contribution in [2.45, 2.75) is 0 Å². The first-order chi connectivity index (χ1) is 13.6. The summed E-state index contributed by atoms with van der Waals surface area (Å²) in [5.41, 5.74) is 1.88. The summed E-state index contributed by atoms with van der Waals surface area (Å²) >= 11 is 0. The maximum Gasteiger partial charge on any atom is 0.269 e. The van der Waals surface area contributed by atoms with Gasteiger partial charge in [0, 0.05) is 18.7 Å². The van der Waals surface area contributed by atoms with Crippen LogP contribution in [0.25, 0.3) is 11.3 Å². The first kappa shape index (κ1) is 19.3. The van der Waals surface area contributed by atoms with Gasteiger partial charge in [-0.05, 0) is 30.3 Å². The van der Waals surface area contributed by atoms with E-state index in [2.05, 4.69) is 10.4 Å². The highest BCUT2D eigenvalue weighted by Crippen LogP contribution is 2.32. The lowest BCUT2D eigenvalue weighted by Gasteiger charge is -2.08. The molecular formula is C21H23N3O4. The molecule has 0 radical (unpaired) electrons. The van der Waals surface area contributed by atoms with Gasteiger partial charge in [0.1, 0.15) is 29.5 Å². The van der Waals surface area contributed by atoms with Gasteiger partial charge in [0.25, 0.3) is 5.91 Å². The molecule has 1 aromatic heterocycles. The quantitative estimate of drug-likeness (QED) is 0.607. The van der Waals surface area contributed by atoms with E-state index in [1.165, 1.54) is 0 Å². The number of rotatable bonds is 8. The lowest BCUT2D eigenvalue weighted by atomic mass is 10.1. The number of nitrogens with one attached hydrogen (secondary N) is 1. The van der Waals surface area contributed by atoms with Crippen molar-refractivity contribution in [1.29, 1.82) is 0 Å². The Balaban J connectivity index is 1.65. The maximum atomic E-state index is 12.5. The first-order valence-electron chi connectivity index (χ1n) is 8.85. The second-order valence-electron chi connectivity index (χ2n) is 6.02. The van der Waals surface area contributed by atoms with E-state index in [0.717, 1.165) is 11.3 Å². The molecule has 0 bridgehead atoms. The number of carbonyl (C=O) groups is 1. The summed E-state index contributed by atoms with van der Waals surface area (Å²) in [5, 5.41) is 7.29. The number of benzene rings is 2. The fraction of sp³-hybridized carbons (Fsp3) is 0.238. The molecule has 0 aliphatic rings. The van der Waals surface area contributed by atoms with Crippen molar-refractivity contribution < 1.29 is 19.0 Å². The summed E-state index contributed by atoms with van der Waals surface area (Å²) in [5.74, 6) is 1.87. The number of hydrogen-bond donors (Lipinski definition) is 1. The van der Waals surface area contributed by atoms with Gasteiger partial charge in [0.05, 0.1) is 26.5 Å². The average molecular weight is 381 g/mol. The number of ether oxygens (including phenoxy) is 3. The van der Waals surface area contributed by atoms with Crippen LogP contribution in [0.4, 0.5) is 0 Å². The highest BCUT2D eigenvalue weighted by molar-refractivity contribution is 5.93. The van der Waals surface area contributed by atoms with E-state index in [9.17, 15) is 4.79 Å². The van der Waals surface area contributed by atoms with Crippen molar-refractivity contribution in [3.05, 3.63) is 60.3 Å². The number of methoxy groups -OCH3 is 2. The van der Waals surface area contributed by atoms with Gasteiger partial charge in [0.15, 0.2) is 0 Å². The van der Waals surface area contributed by atoms with Gasteiger partial charge in [-0.15, -0.1) is 0 Å². The summed E-state index contributed by atoms with van der Waals surface area (Å²) in [6, 6.07) is 16.7. The van der Waals surface area contributed by atoms with E-state index in [1.54, 1.807) is 38.1 Å². The summed E-state index contributed by atoms with van der Waals surface area (Å²) in [7, 11) is 4.91. The van der Waals surface area contributed by atoms with E-state index in [0.29, 0.717) is 36.0 Å². The van der Waals surface area contributed by atoms with Crippen LogP contribution in [-0.2, 0) is 7.05 Å². The zero-order chi connectivity index (χ0) is 19.9. The molecule has 0 saturated carbocycles. The summed E-state index contributed by atoms with van der Waals surface area (Å²) in [6.45, 7) is 0.771. The standard InChI is InChI=1S/C21H23N3O4/c1-24-19(21(25)22-11-12-28-15-7-5-4-6-8-15)14-18(23-24)17-10-9-16(26-2)13-20(17)27-3/h4-10,13-14H,11-12H2,1-3H3,(H,22,25). The number of amides is 1. The molecule has 1 heterocycles. The van der Waals surface area contributed by atoms with Crippen molar-refractivity contribution in [3.63, 3.8) is 0 Å². The third-order valence-corrected chi connectivity index (χ3v) is 4.20. The van der Waals surface area contributed by atoms with Gasteiger partial charge in [-0.3, -0.25) is 9.48 Å². The minimum Gasteiger partial charge on any atom is -0.497 e. The molecule has 1 N–H and O–H groups in total. The number of hydrogen-bond acceptors (Lipinski definition) is 5. The molecular weight excluding hydrogens is 358 g/mol. The second-order valence-corrected chi connectivity index (χ2v) is 6.02. The van der Waals surface area contributed by atoms with Crippen molar-refractivity contribution >= 4 is 5.91 Å². The fourth-order valence-corrected chi connectivity index (χ4v) is 2.76. The van der Waals surface area contributed by atoms with Crippen molar-refractivity contribution in [1.82, 2.24) is 15.1 Å². The minimum atomic E-state index is -0.217. The SMILES string of the molecule is COc1ccc(-c2cc(C(=O)NCCOc3ccccc3)n(C)n2)c(OC)c1. The van der Waals surface area contributed by atoms with Gasteiger partial charge in [-0.25, -0.2) is 0 Å². The van der Waals surface area contributed by atoms with Crippen LogP contribution in [0.3, 0.4) is 0 Å². The number of carbonyl (C=O) groups excluding carboxylic acids is 1. The molecule has 7 nitrogen and oxygen atoms in total. The second kappa shape index (κ2) is 8.94. The van der Waals surface area contributed by atoms with E-state index in [4.69, 9.17) is 14.2 Å². The smallest absolute Gasteiger partial charge is 0.269 e. The number of aromatic nitrogens is 2. The molecule has 1 amide bonds. The number of para-hydroxylation sites is 1. The van der Waals surface area contributed by atoms with Gasteiger partial charge >= 0.3 is 0 Å². The predicted octanol–water partition coefficient (Wildman–Crippen LogP) is 2.91. The molecule has 0 unspecified atom stereocenters. The Labute approximate surface area is 163 Å². The van der Waals surface area contributed by atoms with Crippen LogP contribution < -0.4 is 19.5 Å². The van der Waals surface area contributed by atoms with Crippen molar-refractivity contribution in [2.75, 3.05) is 27.4 Å². The monoisotopic (exact) mass is 381 g/mol. The molecule has 3 rings (SSSR count). The van der Waals surface area contributed by atoms with Crippen LogP contribution in [0.15, 0.2) is 54.6 Å². The molecule has 28 heavy (non-hydrogen) atoms. The Kier molecular flexibility index (Phi) is 6.16. The highest BCUT2D eigenvalue weighted by atomic mass is 16.5. The third kappa shape index (κ3) is 4.43.